The first-order chi connectivity index (χ1) is 10.9. The quantitative estimate of drug-likeness (QED) is 0.420. The Morgan fingerprint density at radius 3 is 2.13 bits per heavy atom. The first-order valence-electron chi connectivity index (χ1n) is 7.42. The minimum absolute atomic E-state index is 0.170. The molecule has 1 aromatic rings. The van der Waals surface area contributed by atoms with E-state index in [2.05, 4.69) is 31.3 Å². The van der Waals surface area contributed by atoms with Gasteiger partial charge in [-0.2, -0.15) is 0 Å². The lowest BCUT2D eigenvalue weighted by Gasteiger charge is -2.11. The number of hydrogen-bond acceptors (Lipinski definition) is 5. The van der Waals surface area contributed by atoms with Gasteiger partial charge in [-0.25, -0.2) is 9.59 Å². The molecule has 0 aromatic heterocycles. The van der Waals surface area contributed by atoms with Crippen LogP contribution in [0.15, 0.2) is 24.3 Å². The monoisotopic (exact) mass is 327 g/mol. The van der Waals surface area contributed by atoms with E-state index in [0.717, 1.165) is 18.7 Å². The molecule has 0 saturated carbocycles. The van der Waals surface area contributed by atoms with Gasteiger partial charge in [0.25, 0.3) is 0 Å². The molecule has 7 heteroatoms. The van der Waals surface area contributed by atoms with Gasteiger partial charge in [-0.1, -0.05) is 26.0 Å². The summed E-state index contributed by atoms with van der Waals surface area (Å²) in [6.07, 6.45) is 1.16. The van der Waals surface area contributed by atoms with Crippen molar-refractivity contribution in [1.82, 2.24) is 5.32 Å². The van der Waals surface area contributed by atoms with Gasteiger partial charge in [0.2, 0.25) is 0 Å². The van der Waals surface area contributed by atoms with Gasteiger partial charge in [0, 0.05) is 13.1 Å². The van der Waals surface area contributed by atoms with Crippen molar-refractivity contribution in [3.05, 3.63) is 29.8 Å². The van der Waals surface area contributed by atoms with Crippen molar-refractivity contribution in [3.8, 4) is 5.75 Å². The molecule has 0 aliphatic heterocycles. The van der Waals surface area contributed by atoms with E-state index >= 15 is 0 Å². The second-order valence-corrected chi connectivity index (χ2v) is 4.81. The molecule has 0 bridgehead atoms. The Balaban J connectivity index is 0.000000688. The third-order valence-electron chi connectivity index (χ3n) is 3.08. The maximum absolute atomic E-state index is 9.10. The van der Waals surface area contributed by atoms with Crippen LogP contribution in [0.25, 0.3) is 0 Å². The summed E-state index contributed by atoms with van der Waals surface area (Å²) in [5.74, 6) is -2.14. The molecule has 1 aromatic carbocycles. The lowest BCUT2D eigenvalue weighted by Crippen LogP contribution is -2.23. The summed E-state index contributed by atoms with van der Waals surface area (Å²) >= 11 is 0. The topological polar surface area (TPSA) is 116 Å². The molecule has 1 unspecified atom stereocenters. The average molecular weight is 327 g/mol. The molecule has 7 nitrogen and oxygen atoms in total. The first-order valence-corrected chi connectivity index (χ1v) is 7.42. The fourth-order valence-corrected chi connectivity index (χ4v) is 1.57. The van der Waals surface area contributed by atoms with Gasteiger partial charge < -0.3 is 25.4 Å². The maximum Gasteiger partial charge on any atom is 0.414 e. The van der Waals surface area contributed by atoms with Gasteiger partial charge in [0.05, 0.1) is 6.61 Å². The van der Waals surface area contributed by atoms with Crippen LogP contribution in [0.4, 0.5) is 0 Å². The highest BCUT2D eigenvalue weighted by Gasteiger charge is 2.04. The molecule has 0 amide bonds. The summed E-state index contributed by atoms with van der Waals surface area (Å²) in [5, 5.41) is 26.4. The minimum atomic E-state index is -1.82. The summed E-state index contributed by atoms with van der Waals surface area (Å²) < 4.78 is 5.58. The molecular weight excluding hydrogens is 302 g/mol. The molecule has 0 saturated heterocycles. The summed E-state index contributed by atoms with van der Waals surface area (Å²) in [6, 6.07) is 8.30. The van der Waals surface area contributed by atoms with Crippen LogP contribution in [-0.4, -0.2) is 53.6 Å². The van der Waals surface area contributed by atoms with E-state index in [1.807, 2.05) is 12.1 Å². The van der Waals surface area contributed by atoms with Crippen LogP contribution in [0.5, 0.6) is 5.75 Å². The van der Waals surface area contributed by atoms with Crippen LogP contribution in [0.2, 0.25) is 0 Å². The fraction of sp³-hybridized carbons (Fsp3) is 0.500. The van der Waals surface area contributed by atoms with Gasteiger partial charge in [0.1, 0.15) is 12.4 Å². The third kappa shape index (κ3) is 10.3. The number of benzene rings is 1. The molecule has 130 valence electrons. The Labute approximate surface area is 135 Å². The SMILES string of the molecule is CCC(C)c1ccc(OCCNCCO)cc1.O=C(O)C(=O)O. The molecule has 0 radical (unpaired) electrons. The number of nitrogens with one attached hydrogen (secondary N) is 1. The Kier molecular flexibility index (Phi) is 11.3. The van der Waals surface area contributed by atoms with Crippen molar-refractivity contribution in [2.45, 2.75) is 26.2 Å². The lowest BCUT2D eigenvalue weighted by molar-refractivity contribution is -0.159. The number of hydrogen-bond donors (Lipinski definition) is 4. The molecule has 0 fully saturated rings. The number of ether oxygens (including phenoxy) is 1. The minimum Gasteiger partial charge on any atom is -0.492 e. The summed E-state index contributed by atoms with van der Waals surface area (Å²) in [5.41, 5.74) is 1.36. The number of aliphatic hydroxyl groups excluding tert-OH is 1. The van der Waals surface area contributed by atoms with E-state index in [9.17, 15) is 0 Å². The van der Waals surface area contributed by atoms with Crippen molar-refractivity contribution < 1.29 is 29.6 Å². The largest absolute Gasteiger partial charge is 0.492 e. The molecule has 23 heavy (non-hydrogen) atoms. The Morgan fingerprint density at radius 2 is 1.70 bits per heavy atom. The summed E-state index contributed by atoms with van der Waals surface area (Å²) in [7, 11) is 0. The standard InChI is InChI=1S/C14H23NO2.C2H2O4/c1-3-12(2)13-4-6-14(7-5-13)17-11-9-15-8-10-16;3-1(4)2(5)6/h4-7,12,15-16H,3,8-11H2,1-2H3;(H,3,4)(H,5,6). The second kappa shape index (κ2) is 12.4. The molecule has 0 heterocycles. The normalized spacial score (nSPS) is 11.1. The zero-order valence-corrected chi connectivity index (χ0v) is 13.5. The third-order valence-corrected chi connectivity index (χ3v) is 3.08. The molecule has 4 N–H and O–H groups in total. The number of carboxylic acid groups (broad SMARTS) is 2. The highest BCUT2D eigenvalue weighted by Crippen LogP contribution is 2.21. The molecule has 0 spiro atoms. The summed E-state index contributed by atoms with van der Waals surface area (Å²) in [6.45, 7) is 6.60. The highest BCUT2D eigenvalue weighted by molar-refractivity contribution is 6.27. The van der Waals surface area contributed by atoms with Crippen LogP contribution in [0.1, 0.15) is 31.7 Å². The Morgan fingerprint density at radius 1 is 1.13 bits per heavy atom. The number of rotatable bonds is 8. The smallest absolute Gasteiger partial charge is 0.414 e. The van der Waals surface area contributed by atoms with Crippen molar-refractivity contribution in [1.29, 1.82) is 0 Å². The van der Waals surface area contributed by atoms with Gasteiger partial charge >= 0.3 is 11.9 Å². The van der Waals surface area contributed by atoms with E-state index in [0.29, 0.717) is 19.1 Å². The van der Waals surface area contributed by atoms with Crippen LogP contribution < -0.4 is 10.1 Å². The first kappa shape index (κ1) is 20.9. The zero-order chi connectivity index (χ0) is 17.7. The van der Waals surface area contributed by atoms with Crippen LogP contribution in [0, 0.1) is 0 Å². The van der Waals surface area contributed by atoms with E-state index in [-0.39, 0.29) is 6.61 Å². The Hall–Kier alpha value is -2.12. The van der Waals surface area contributed by atoms with Crippen LogP contribution in [-0.2, 0) is 9.59 Å². The van der Waals surface area contributed by atoms with Crippen molar-refractivity contribution in [3.63, 3.8) is 0 Å². The van der Waals surface area contributed by atoms with E-state index in [1.165, 1.54) is 5.56 Å². The van der Waals surface area contributed by atoms with Crippen LogP contribution >= 0.6 is 0 Å². The van der Waals surface area contributed by atoms with Gasteiger partial charge in [-0.15, -0.1) is 0 Å². The molecule has 0 aliphatic rings. The predicted octanol–water partition coefficient (Wildman–Crippen LogP) is 1.32. The van der Waals surface area contributed by atoms with Gasteiger partial charge in [-0.05, 0) is 30.0 Å². The Bertz CT molecular complexity index is 448. The number of aliphatic carboxylic acids is 2. The maximum atomic E-state index is 9.10. The fourth-order valence-electron chi connectivity index (χ4n) is 1.57. The van der Waals surface area contributed by atoms with Crippen molar-refractivity contribution in [2.75, 3.05) is 26.3 Å². The van der Waals surface area contributed by atoms with Crippen molar-refractivity contribution in [2.24, 2.45) is 0 Å². The van der Waals surface area contributed by atoms with Crippen molar-refractivity contribution >= 4 is 11.9 Å². The molecule has 1 rings (SSSR count). The van der Waals surface area contributed by atoms with Gasteiger partial charge in [-0.3, -0.25) is 0 Å². The van der Waals surface area contributed by atoms with E-state index in [1.54, 1.807) is 0 Å². The van der Waals surface area contributed by atoms with Crippen LogP contribution in [0.3, 0.4) is 0 Å². The molecular formula is C16H25NO6. The number of carboxylic acids is 2. The van der Waals surface area contributed by atoms with E-state index in [4.69, 9.17) is 29.6 Å². The highest BCUT2D eigenvalue weighted by atomic mass is 16.5. The van der Waals surface area contributed by atoms with E-state index < -0.39 is 11.9 Å². The zero-order valence-electron chi connectivity index (χ0n) is 13.5. The molecule has 0 aliphatic carbocycles. The average Bonchev–Trinajstić information content (AvgIpc) is 2.55. The lowest BCUT2D eigenvalue weighted by atomic mass is 9.99. The number of carbonyl (C=O) groups is 2. The van der Waals surface area contributed by atoms with Gasteiger partial charge in [0.15, 0.2) is 0 Å². The predicted molar refractivity (Wildman–Crippen MR) is 85.9 cm³/mol. The molecule has 1 atom stereocenters. The number of aliphatic hydroxyl groups is 1. The summed E-state index contributed by atoms with van der Waals surface area (Å²) in [4.78, 5) is 18.2. The second-order valence-electron chi connectivity index (χ2n) is 4.81.